The summed E-state index contributed by atoms with van der Waals surface area (Å²) in [7, 11) is 0. The number of nitrogens with zero attached hydrogens (tertiary/aromatic N) is 2. The van der Waals surface area contributed by atoms with E-state index in [4.69, 9.17) is 16.3 Å². The van der Waals surface area contributed by atoms with Gasteiger partial charge < -0.3 is 14.9 Å². The van der Waals surface area contributed by atoms with Crippen LogP contribution >= 0.6 is 11.6 Å². The third-order valence-electron chi connectivity index (χ3n) is 8.25. The minimum absolute atomic E-state index is 0.0723. The SMILES string of the molecule is CC(C)C1(c2ccc(Cl)cc2)CC12C(=O)N(c1cc(C(O)O)cc(N3CCOC3=O)c1)c1ccccc12. The summed E-state index contributed by atoms with van der Waals surface area (Å²) in [6.07, 6.45) is -1.63. The molecular weight excluding hydrogens is 492 g/mol. The molecule has 2 N–H and O–H groups in total. The van der Waals surface area contributed by atoms with Gasteiger partial charge in [-0.05, 0) is 59.9 Å². The third kappa shape index (κ3) is 3.27. The lowest BCUT2D eigenvalue weighted by Crippen LogP contribution is -2.36. The molecule has 2 atom stereocenters. The maximum absolute atomic E-state index is 14.6. The Labute approximate surface area is 219 Å². The first-order valence-electron chi connectivity index (χ1n) is 12.4. The van der Waals surface area contributed by atoms with Crippen molar-refractivity contribution in [2.24, 2.45) is 5.92 Å². The molecule has 1 saturated heterocycles. The second-order valence-electron chi connectivity index (χ2n) is 10.3. The van der Waals surface area contributed by atoms with E-state index < -0.39 is 23.2 Å². The lowest BCUT2D eigenvalue weighted by atomic mass is 9.75. The minimum atomic E-state index is -1.77. The Morgan fingerprint density at radius 2 is 1.68 bits per heavy atom. The summed E-state index contributed by atoms with van der Waals surface area (Å²) in [4.78, 5) is 29.9. The number of amides is 2. The monoisotopic (exact) mass is 518 g/mol. The quantitative estimate of drug-likeness (QED) is 0.453. The number of fused-ring (bicyclic) bond motifs is 2. The van der Waals surface area contributed by atoms with Crippen molar-refractivity contribution in [2.75, 3.05) is 23.0 Å². The summed E-state index contributed by atoms with van der Waals surface area (Å²) < 4.78 is 5.09. The Bertz CT molecular complexity index is 1420. The molecule has 7 nitrogen and oxygen atoms in total. The number of benzene rings is 3. The molecule has 2 fully saturated rings. The number of cyclic esters (lactones) is 1. The molecule has 0 bridgehead atoms. The molecule has 2 unspecified atom stereocenters. The first kappa shape index (κ1) is 24.0. The highest BCUT2D eigenvalue weighted by molar-refractivity contribution is 6.30. The first-order chi connectivity index (χ1) is 17.7. The maximum Gasteiger partial charge on any atom is 0.414 e. The fourth-order valence-electron chi connectivity index (χ4n) is 6.48. The largest absolute Gasteiger partial charge is 0.447 e. The van der Waals surface area contributed by atoms with Crippen molar-refractivity contribution in [3.8, 4) is 0 Å². The van der Waals surface area contributed by atoms with Crippen LogP contribution in [-0.2, 0) is 20.4 Å². The number of aliphatic hydroxyl groups is 2. The second-order valence-corrected chi connectivity index (χ2v) is 10.7. The van der Waals surface area contributed by atoms with E-state index in [0.29, 0.717) is 29.4 Å². The van der Waals surface area contributed by atoms with Crippen LogP contribution < -0.4 is 9.80 Å². The zero-order valence-corrected chi connectivity index (χ0v) is 21.3. The molecule has 6 rings (SSSR count). The van der Waals surface area contributed by atoms with Crippen molar-refractivity contribution >= 4 is 40.7 Å². The van der Waals surface area contributed by atoms with Crippen LogP contribution in [0.25, 0.3) is 0 Å². The van der Waals surface area contributed by atoms with E-state index in [1.54, 1.807) is 17.0 Å². The van der Waals surface area contributed by atoms with Crippen LogP contribution in [0, 0.1) is 5.92 Å². The zero-order chi connectivity index (χ0) is 26.1. The Balaban J connectivity index is 1.52. The molecular formula is C29H27ClN2O5. The van der Waals surface area contributed by atoms with Gasteiger partial charge in [0.05, 0.1) is 23.3 Å². The van der Waals surface area contributed by atoms with Gasteiger partial charge in [0.25, 0.3) is 0 Å². The first-order valence-corrected chi connectivity index (χ1v) is 12.7. The number of rotatable bonds is 5. The predicted octanol–water partition coefficient (Wildman–Crippen LogP) is 5.19. The maximum atomic E-state index is 14.6. The summed E-state index contributed by atoms with van der Waals surface area (Å²) in [5.74, 6) is 0.0861. The van der Waals surface area contributed by atoms with Crippen molar-refractivity contribution in [1.82, 2.24) is 0 Å². The molecule has 1 aliphatic carbocycles. The smallest absolute Gasteiger partial charge is 0.414 e. The molecule has 3 aromatic rings. The second kappa shape index (κ2) is 8.31. The highest BCUT2D eigenvalue weighted by Crippen LogP contribution is 2.73. The van der Waals surface area contributed by atoms with E-state index >= 15 is 0 Å². The number of ether oxygens (including phenoxy) is 1. The van der Waals surface area contributed by atoms with E-state index in [-0.39, 0.29) is 24.0 Å². The van der Waals surface area contributed by atoms with Gasteiger partial charge in [-0.15, -0.1) is 0 Å². The Morgan fingerprint density at radius 3 is 2.32 bits per heavy atom. The minimum Gasteiger partial charge on any atom is -0.447 e. The van der Waals surface area contributed by atoms with E-state index in [9.17, 15) is 19.8 Å². The number of hydrogen-bond donors (Lipinski definition) is 2. The van der Waals surface area contributed by atoms with Crippen molar-refractivity contribution < 1.29 is 24.5 Å². The lowest BCUT2D eigenvalue weighted by molar-refractivity contribution is -0.120. The van der Waals surface area contributed by atoms with Gasteiger partial charge in [0, 0.05) is 21.7 Å². The van der Waals surface area contributed by atoms with E-state index in [2.05, 4.69) is 13.8 Å². The summed E-state index contributed by atoms with van der Waals surface area (Å²) in [5.41, 5.74) is 2.66. The summed E-state index contributed by atoms with van der Waals surface area (Å²) in [5, 5.41) is 20.7. The molecule has 0 aromatic heterocycles. The Kier molecular flexibility index (Phi) is 5.39. The molecule has 3 aromatic carbocycles. The van der Waals surface area contributed by atoms with Crippen molar-refractivity contribution in [2.45, 2.75) is 37.4 Å². The van der Waals surface area contributed by atoms with Crippen molar-refractivity contribution in [3.63, 3.8) is 0 Å². The number of hydrogen-bond acceptors (Lipinski definition) is 5. The molecule has 0 radical (unpaired) electrons. The summed E-state index contributed by atoms with van der Waals surface area (Å²) in [6, 6.07) is 20.4. The van der Waals surface area contributed by atoms with Gasteiger partial charge in [-0.2, -0.15) is 0 Å². The Hall–Kier alpha value is -3.39. The normalized spacial score (nSPS) is 24.4. The van der Waals surface area contributed by atoms with Gasteiger partial charge in [0.2, 0.25) is 5.91 Å². The van der Waals surface area contributed by atoms with Gasteiger partial charge >= 0.3 is 6.09 Å². The number of para-hydroxylation sites is 1. The topological polar surface area (TPSA) is 90.3 Å². The summed E-state index contributed by atoms with van der Waals surface area (Å²) in [6.45, 7) is 4.86. The molecule has 3 aliphatic rings. The molecule has 37 heavy (non-hydrogen) atoms. The highest BCUT2D eigenvalue weighted by atomic mass is 35.5. The molecule has 2 heterocycles. The number of carbonyl (C=O) groups excluding carboxylic acids is 2. The van der Waals surface area contributed by atoms with Gasteiger partial charge in [0.1, 0.15) is 6.61 Å². The molecule has 1 spiro atoms. The number of anilines is 3. The van der Waals surface area contributed by atoms with Gasteiger partial charge in [-0.1, -0.05) is 55.8 Å². The Morgan fingerprint density at radius 1 is 0.973 bits per heavy atom. The van der Waals surface area contributed by atoms with Crippen LogP contribution in [0.5, 0.6) is 0 Å². The summed E-state index contributed by atoms with van der Waals surface area (Å²) >= 11 is 6.19. The van der Waals surface area contributed by atoms with E-state index in [1.807, 2.05) is 48.5 Å². The average Bonchev–Trinajstić information content (AvgIpc) is 3.32. The van der Waals surface area contributed by atoms with Crippen LogP contribution in [0.4, 0.5) is 21.9 Å². The van der Waals surface area contributed by atoms with Crippen molar-refractivity contribution in [3.05, 3.63) is 88.4 Å². The average molecular weight is 519 g/mol. The highest BCUT2D eigenvalue weighted by Gasteiger charge is 2.77. The molecule has 2 aliphatic heterocycles. The van der Waals surface area contributed by atoms with Gasteiger partial charge in [-0.3, -0.25) is 14.6 Å². The number of aliphatic hydroxyl groups excluding tert-OH is 1. The van der Waals surface area contributed by atoms with Crippen LogP contribution in [-0.4, -0.2) is 35.4 Å². The lowest BCUT2D eigenvalue weighted by Gasteiger charge is -2.28. The predicted molar refractivity (Wildman–Crippen MR) is 140 cm³/mol. The molecule has 1 saturated carbocycles. The van der Waals surface area contributed by atoms with E-state index in [1.165, 1.54) is 11.0 Å². The van der Waals surface area contributed by atoms with E-state index in [0.717, 1.165) is 16.8 Å². The van der Waals surface area contributed by atoms with Gasteiger partial charge in [-0.25, -0.2) is 4.79 Å². The molecule has 8 heteroatoms. The van der Waals surface area contributed by atoms with Crippen LogP contribution in [0.3, 0.4) is 0 Å². The number of carbonyl (C=O) groups is 2. The van der Waals surface area contributed by atoms with Crippen LogP contribution in [0.1, 0.15) is 43.2 Å². The fraction of sp³-hybridized carbons (Fsp3) is 0.310. The van der Waals surface area contributed by atoms with Crippen LogP contribution in [0.2, 0.25) is 5.02 Å². The standard InChI is InChI=1S/C29H27ClN2O5/c1-17(2)28(19-7-9-20(30)10-8-19)16-29(28)23-5-3-4-6-24(23)32(26(29)35)22-14-18(25(33)34)13-21(15-22)31-11-12-37-27(31)36/h3-10,13-15,17,25,33-34H,11-12,16H2,1-2H3. The molecule has 2 amide bonds. The third-order valence-corrected chi connectivity index (χ3v) is 8.50. The van der Waals surface area contributed by atoms with Crippen molar-refractivity contribution in [1.29, 1.82) is 0 Å². The fourth-order valence-corrected chi connectivity index (χ4v) is 6.61. The molecule has 190 valence electrons. The van der Waals surface area contributed by atoms with Crippen LogP contribution in [0.15, 0.2) is 66.7 Å². The zero-order valence-electron chi connectivity index (χ0n) is 20.5. The number of halogens is 1. The van der Waals surface area contributed by atoms with Gasteiger partial charge in [0.15, 0.2) is 6.29 Å².